The van der Waals surface area contributed by atoms with Crippen LogP contribution >= 0.6 is 7.82 Å². The first-order valence-corrected chi connectivity index (χ1v) is 18.8. The number of hydrogen-bond donors (Lipinski definition) is 6. The number of ether oxygens (including phenoxy) is 2. The van der Waals surface area contributed by atoms with Crippen molar-refractivity contribution >= 4 is 19.8 Å². The van der Waals surface area contributed by atoms with Gasteiger partial charge in [-0.3, -0.25) is 18.6 Å². The van der Waals surface area contributed by atoms with Gasteiger partial charge in [0.15, 0.2) is 6.10 Å². The van der Waals surface area contributed by atoms with Crippen LogP contribution in [0.1, 0.15) is 136 Å². The fraction of sp³-hybridized carbons (Fsp3) is 0.938. The number of carbonyl (C=O) groups excluding carboxylic acids is 2. The average Bonchev–Trinajstić information content (AvgIpc) is 3.03. The standard InChI is InChI=1S/C32H61O13P/c1-3-5-7-9-11-12-13-15-16-18-20-25(33)42-22-24(44-26(34)21-19-17-14-10-8-6-4-2)23-43-46(40,41)45-32-30(38)28(36)27(35)29(37)31(32)39/h24,27-32,35-39H,3-23H2,1-2H3,(H,40,41)/t24-,27?,28-,29?,30?,31?,32?/m1/s1. The minimum absolute atomic E-state index is 0.0999. The van der Waals surface area contributed by atoms with Crippen molar-refractivity contribution in [2.75, 3.05) is 13.2 Å². The summed E-state index contributed by atoms with van der Waals surface area (Å²) in [6.07, 6.45) is 5.17. The summed E-state index contributed by atoms with van der Waals surface area (Å²) in [5.41, 5.74) is 0. The molecule has 0 radical (unpaired) electrons. The lowest BCUT2D eigenvalue weighted by Gasteiger charge is -2.41. The maximum atomic E-state index is 12.6. The van der Waals surface area contributed by atoms with Gasteiger partial charge in [-0.25, -0.2) is 4.57 Å². The van der Waals surface area contributed by atoms with Gasteiger partial charge in [0.05, 0.1) is 6.61 Å². The first-order chi connectivity index (χ1) is 21.9. The Morgan fingerprint density at radius 2 is 0.978 bits per heavy atom. The van der Waals surface area contributed by atoms with E-state index in [0.29, 0.717) is 12.8 Å². The lowest BCUT2D eigenvalue weighted by molar-refractivity contribution is -0.220. The van der Waals surface area contributed by atoms with Gasteiger partial charge in [0.1, 0.15) is 43.2 Å². The van der Waals surface area contributed by atoms with Crippen LogP contribution in [-0.2, 0) is 32.7 Å². The van der Waals surface area contributed by atoms with Gasteiger partial charge in [0.25, 0.3) is 0 Å². The van der Waals surface area contributed by atoms with Gasteiger partial charge in [-0.1, -0.05) is 110 Å². The molecule has 6 N–H and O–H groups in total. The summed E-state index contributed by atoms with van der Waals surface area (Å²) in [5, 5.41) is 49.7. The van der Waals surface area contributed by atoms with E-state index in [1.165, 1.54) is 44.9 Å². The molecular weight excluding hydrogens is 623 g/mol. The topological polar surface area (TPSA) is 210 Å². The third-order valence-corrected chi connectivity index (χ3v) is 9.18. The highest BCUT2D eigenvalue weighted by Crippen LogP contribution is 2.47. The predicted octanol–water partition coefficient (Wildman–Crippen LogP) is 4.21. The Morgan fingerprint density at radius 1 is 0.587 bits per heavy atom. The molecule has 0 spiro atoms. The molecule has 0 aromatic carbocycles. The van der Waals surface area contributed by atoms with Crippen molar-refractivity contribution in [3.05, 3.63) is 0 Å². The van der Waals surface area contributed by atoms with Crippen molar-refractivity contribution in [3.8, 4) is 0 Å². The zero-order valence-corrected chi connectivity index (χ0v) is 28.8. The van der Waals surface area contributed by atoms with Gasteiger partial charge in [-0.15, -0.1) is 0 Å². The molecule has 1 saturated carbocycles. The smallest absolute Gasteiger partial charge is 0.462 e. The third kappa shape index (κ3) is 18.4. The highest BCUT2D eigenvalue weighted by molar-refractivity contribution is 7.47. The Balaban J connectivity index is 2.59. The van der Waals surface area contributed by atoms with Crippen LogP contribution in [0, 0.1) is 0 Å². The van der Waals surface area contributed by atoms with Crippen molar-refractivity contribution in [1.29, 1.82) is 0 Å². The molecule has 0 bridgehead atoms. The molecule has 1 fully saturated rings. The second-order valence-corrected chi connectivity index (χ2v) is 13.8. The number of carbonyl (C=O) groups is 2. The molecule has 1 aliphatic rings. The molecule has 6 unspecified atom stereocenters. The van der Waals surface area contributed by atoms with Crippen molar-refractivity contribution in [1.82, 2.24) is 0 Å². The number of phosphoric acid groups is 1. The molecule has 0 aliphatic heterocycles. The minimum atomic E-state index is -5.09. The van der Waals surface area contributed by atoms with Gasteiger partial charge in [-0.2, -0.15) is 0 Å². The first kappa shape index (κ1) is 42.9. The third-order valence-electron chi connectivity index (χ3n) is 8.20. The lowest BCUT2D eigenvalue weighted by Crippen LogP contribution is -2.64. The molecule has 13 nitrogen and oxygen atoms in total. The van der Waals surface area contributed by atoms with Crippen LogP contribution < -0.4 is 0 Å². The summed E-state index contributed by atoms with van der Waals surface area (Å²) >= 11 is 0. The second kappa shape index (κ2) is 24.9. The molecule has 0 aromatic rings. The van der Waals surface area contributed by atoms with E-state index in [9.17, 15) is 44.6 Å². The normalized spacial score (nSPS) is 25.1. The van der Waals surface area contributed by atoms with E-state index in [-0.39, 0.29) is 12.8 Å². The van der Waals surface area contributed by atoms with E-state index < -0.39 is 75.7 Å². The van der Waals surface area contributed by atoms with E-state index in [2.05, 4.69) is 13.8 Å². The lowest BCUT2D eigenvalue weighted by atomic mass is 9.85. The van der Waals surface area contributed by atoms with Gasteiger partial charge in [0, 0.05) is 12.8 Å². The number of phosphoric ester groups is 1. The zero-order chi connectivity index (χ0) is 34.4. The van der Waals surface area contributed by atoms with E-state index >= 15 is 0 Å². The Bertz CT molecular complexity index is 844. The molecule has 0 heterocycles. The van der Waals surface area contributed by atoms with Gasteiger partial charge in [-0.05, 0) is 12.8 Å². The van der Waals surface area contributed by atoms with Crippen LogP contribution in [0.15, 0.2) is 0 Å². The molecular formula is C32H61O13P. The summed E-state index contributed by atoms with van der Waals surface area (Å²) in [6, 6.07) is 0. The monoisotopic (exact) mass is 684 g/mol. The summed E-state index contributed by atoms with van der Waals surface area (Å²) in [5.74, 6) is -1.11. The van der Waals surface area contributed by atoms with Crippen molar-refractivity contribution in [3.63, 3.8) is 0 Å². The Morgan fingerprint density at radius 3 is 1.43 bits per heavy atom. The Kier molecular flexibility index (Phi) is 23.2. The second-order valence-electron chi connectivity index (χ2n) is 12.4. The van der Waals surface area contributed by atoms with Crippen molar-refractivity contribution in [2.24, 2.45) is 0 Å². The van der Waals surface area contributed by atoms with E-state index in [1.54, 1.807) is 0 Å². The van der Waals surface area contributed by atoms with Gasteiger partial charge < -0.3 is 39.9 Å². The molecule has 8 atom stereocenters. The van der Waals surface area contributed by atoms with Crippen LogP contribution in [0.2, 0.25) is 0 Å². The van der Waals surface area contributed by atoms with E-state index in [4.69, 9.17) is 18.5 Å². The van der Waals surface area contributed by atoms with Gasteiger partial charge in [0.2, 0.25) is 0 Å². The summed E-state index contributed by atoms with van der Waals surface area (Å²) in [6.45, 7) is 3.17. The fourth-order valence-corrected chi connectivity index (χ4v) is 6.26. The quantitative estimate of drug-likeness (QED) is 0.0407. The maximum absolute atomic E-state index is 12.6. The average molecular weight is 685 g/mol. The van der Waals surface area contributed by atoms with Crippen molar-refractivity contribution < 1.29 is 63.1 Å². The first-order valence-electron chi connectivity index (χ1n) is 17.3. The number of hydrogen-bond acceptors (Lipinski definition) is 12. The Hall–Kier alpha value is -1.15. The molecule has 46 heavy (non-hydrogen) atoms. The van der Waals surface area contributed by atoms with Crippen LogP contribution in [0.3, 0.4) is 0 Å². The number of esters is 2. The molecule has 0 amide bonds. The number of aliphatic hydroxyl groups excluding tert-OH is 5. The molecule has 272 valence electrons. The fourth-order valence-electron chi connectivity index (χ4n) is 5.29. The minimum Gasteiger partial charge on any atom is -0.462 e. The van der Waals surface area contributed by atoms with Gasteiger partial charge >= 0.3 is 19.8 Å². The summed E-state index contributed by atoms with van der Waals surface area (Å²) in [4.78, 5) is 35.1. The van der Waals surface area contributed by atoms with Crippen molar-refractivity contribution in [2.45, 2.75) is 179 Å². The summed E-state index contributed by atoms with van der Waals surface area (Å²) in [7, 11) is -5.09. The highest BCUT2D eigenvalue weighted by Gasteiger charge is 2.51. The predicted molar refractivity (Wildman–Crippen MR) is 171 cm³/mol. The van der Waals surface area contributed by atoms with Crippen LogP contribution in [0.25, 0.3) is 0 Å². The summed E-state index contributed by atoms with van der Waals surface area (Å²) < 4.78 is 33.1. The zero-order valence-electron chi connectivity index (χ0n) is 27.9. The number of aliphatic hydroxyl groups is 5. The van der Waals surface area contributed by atoms with E-state index in [0.717, 1.165) is 51.4 Å². The van der Waals surface area contributed by atoms with Crippen LogP contribution in [0.4, 0.5) is 0 Å². The highest BCUT2D eigenvalue weighted by atomic mass is 31.2. The maximum Gasteiger partial charge on any atom is 0.472 e. The van der Waals surface area contributed by atoms with Crippen LogP contribution in [0.5, 0.6) is 0 Å². The van der Waals surface area contributed by atoms with E-state index in [1.807, 2.05) is 0 Å². The largest absolute Gasteiger partial charge is 0.472 e. The Labute approximate surface area is 274 Å². The molecule has 14 heteroatoms. The molecule has 0 saturated heterocycles. The molecule has 1 rings (SSSR count). The SMILES string of the molecule is CCCCCCCCCCCCC(=O)OC[C@H](COP(=O)(O)OC1C(O)C(O)C(O)[C@@H](O)C1O)OC(=O)CCCCCCCCC. The molecule has 1 aliphatic carbocycles. The van der Waals surface area contributed by atoms with Crippen LogP contribution in [-0.4, -0.2) is 98.3 Å². The number of unbranched alkanes of at least 4 members (excludes halogenated alkanes) is 15. The number of rotatable bonds is 27. The molecule has 0 aromatic heterocycles.